The summed E-state index contributed by atoms with van der Waals surface area (Å²) in [4.78, 5) is 21.5. The van der Waals surface area contributed by atoms with Gasteiger partial charge in [-0.15, -0.1) is 0 Å². The molecule has 0 saturated heterocycles. The monoisotopic (exact) mass is 546 g/mol. The molecule has 0 fully saturated rings. The molecule has 2 aromatic carbocycles. The largest absolute Gasteiger partial charge is 0.497 e. The fourth-order valence-corrected chi connectivity index (χ4v) is 3.13. The van der Waals surface area contributed by atoms with E-state index in [1.807, 2.05) is 6.92 Å². The molecule has 0 aliphatic rings. The molecule has 1 atom stereocenters. The molecule has 0 bridgehead atoms. The Hall–Kier alpha value is -3.84. The summed E-state index contributed by atoms with van der Waals surface area (Å²) >= 11 is 6.31. The number of aryl methyl sites for hydroxylation is 1. The molecule has 0 saturated carbocycles. The molecule has 1 heterocycles. The highest BCUT2D eigenvalue weighted by Gasteiger charge is 2.38. The van der Waals surface area contributed by atoms with Gasteiger partial charge in [-0.05, 0) is 37.3 Å². The second kappa shape index (κ2) is 12.4. The molecule has 0 unspecified atom stereocenters. The lowest BCUT2D eigenvalue weighted by molar-refractivity contribution is -0.192. The standard InChI is InChI=1S/C21H22ClFN4O3.C2HF3O2/c1-12(24)11-30-19-7-4-13(8-16(19)20-17(22)10-25-27(20)2)26-21(28)15-6-5-14(29-3)9-18(15)23;3-2(4,5)1(6)7/h4-10,12H,11,24H2,1-3H3,(H,26,28);(H,6,7)/t12-;/m1./s1. The van der Waals surface area contributed by atoms with E-state index in [0.29, 0.717) is 40.1 Å². The number of benzene rings is 2. The van der Waals surface area contributed by atoms with E-state index < -0.39 is 23.9 Å². The maximum atomic E-state index is 14.2. The van der Waals surface area contributed by atoms with Gasteiger partial charge in [-0.25, -0.2) is 9.18 Å². The van der Waals surface area contributed by atoms with E-state index in [-0.39, 0.29) is 11.6 Å². The lowest BCUT2D eigenvalue weighted by atomic mass is 10.1. The first-order valence-corrected chi connectivity index (χ1v) is 10.8. The number of carboxylic acids is 1. The highest BCUT2D eigenvalue weighted by Crippen LogP contribution is 2.36. The molecule has 4 N–H and O–H groups in total. The third-order valence-electron chi connectivity index (χ3n) is 4.55. The summed E-state index contributed by atoms with van der Waals surface area (Å²) in [5.74, 6) is -3.17. The van der Waals surface area contributed by atoms with E-state index in [0.717, 1.165) is 6.07 Å². The first-order valence-electron chi connectivity index (χ1n) is 10.4. The minimum absolute atomic E-state index is 0.104. The van der Waals surface area contributed by atoms with E-state index in [4.69, 9.17) is 36.7 Å². The number of carbonyl (C=O) groups excluding carboxylic acids is 1. The van der Waals surface area contributed by atoms with Crippen molar-refractivity contribution in [3.05, 3.63) is 59.0 Å². The smallest absolute Gasteiger partial charge is 0.490 e. The minimum Gasteiger partial charge on any atom is -0.497 e. The summed E-state index contributed by atoms with van der Waals surface area (Å²) in [6.07, 6.45) is -3.57. The number of nitrogens with two attached hydrogens (primary N) is 1. The molecular formula is C23H23ClF4N4O5. The van der Waals surface area contributed by atoms with Gasteiger partial charge in [0.1, 0.15) is 23.9 Å². The number of methoxy groups -OCH3 is 1. The third-order valence-corrected chi connectivity index (χ3v) is 4.83. The third kappa shape index (κ3) is 8.08. The van der Waals surface area contributed by atoms with Gasteiger partial charge in [0.15, 0.2) is 0 Å². The Labute approximate surface area is 213 Å². The Morgan fingerprint density at radius 1 is 1.24 bits per heavy atom. The van der Waals surface area contributed by atoms with E-state index in [2.05, 4.69) is 10.4 Å². The van der Waals surface area contributed by atoms with Gasteiger partial charge in [0.05, 0.1) is 29.6 Å². The molecule has 9 nitrogen and oxygen atoms in total. The number of anilines is 1. The van der Waals surface area contributed by atoms with Crippen molar-refractivity contribution >= 4 is 29.2 Å². The highest BCUT2D eigenvalue weighted by molar-refractivity contribution is 6.33. The van der Waals surface area contributed by atoms with Gasteiger partial charge in [-0.1, -0.05) is 11.6 Å². The van der Waals surface area contributed by atoms with E-state index in [9.17, 15) is 22.4 Å². The number of rotatable bonds is 7. The molecule has 0 spiro atoms. The quantitative estimate of drug-likeness (QED) is 0.372. The van der Waals surface area contributed by atoms with Crippen LogP contribution in [-0.2, 0) is 11.8 Å². The molecule has 0 aliphatic carbocycles. The van der Waals surface area contributed by atoms with Crippen molar-refractivity contribution in [2.75, 3.05) is 19.0 Å². The number of nitrogens with zero attached hydrogens (tertiary/aromatic N) is 2. The SMILES string of the molecule is COc1ccc(C(=O)Nc2ccc(OC[C@@H](C)N)c(-c3c(Cl)cnn3C)c2)c(F)c1.O=C(O)C(F)(F)F. The number of hydrogen-bond donors (Lipinski definition) is 3. The number of ether oxygens (including phenoxy) is 2. The van der Waals surface area contributed by atoms with Gasteiger partial charge >= 0.3 is 12.1 Å². The maximum Gasteiger partial charge on any atom is 0.490 e. The first-order chi connectivity index (χ1) is 17.2. The number of halogens is 5. The van der Waals surface area contributed by atoms with Crippen LogP contribution < -0.4 is 20.5 Å². The Bertz CT molecular complexity index is 1240. The predicted octanol–water partition coefficient (Wildman–Crippen LogP) is 4.50. The predicted molar refractivity (Wildman–Crippen MR) is 127 cm³/mol. The van der Waals surface area contributed by atoms with Crippen LogP contribution in [0.5, 0.6) is 11.5 Å². The molecule has 14 heteroatoms. The van der Waals surface area contributed by atoms with Gasteiger partial charge in [0.25, 0.3) is 5.91 Å². The van der Waals surface area contributed by atoms with Gasteiger partial charge in [0.2, 0.25) is 0 Å². The summed E-state index contributed by atoms with van der Waals surface area (Å²) in [5.41, 5.74) is 7.36. The number of aliphatic carboxylic acids is 1. The van der Waals surface area contributed by atoms with E-state index in [1.165, 1.54) is 25.4 Å². The number of amides is 1. The van der Waals surface area contributed by atoms with Gasteiger partial charge in [-0.2, -0.15) is 18.3 Å². The number of aromatic nitrogens is 2. The van der Waals surface area contributed by atoms with Crippen LogP contribution in [0.15, 0.2) is 42.6 Å². The van der Waals surface area contributed by atoms with Crippen molar-refractivity contribution in [3.8, 4) is 22.8 Å². The lowest BCUT2D eigenvalue weighted by Gasteiger charge is -2.16. The number of alkyl halides is 3. The average molecular weight is 547 g/mol. The van der Waals surface area contributed by atoms with Crippen LogP contribution >= 0.6 is 11.6 Å². The molecule has 1 aromatic heterocycles. The summed E-state index contributed by atoms with van der Waals surface area (Å²) in [6, 6.07) is 8.91. The molecule has 1 amide bonds. The van der Waals surface area contributed by atoms with E-state index >= 15 is 0 Å². The van der Waals surface area contributed by atoms with Crippen LogP contribution in [0.1, 0.15) is 17.3 Å². The minimum atomic E-state index is -5.08. The Balaban J connectivity index is 0.000000604. The fraction of sp³-hybridized carbons (Fsp3) is 0.261. The van der Waals surface area contributed by atoms with Crippen LogP contribution in [0.25, 0.3) is 11.3 Å². The Kier molecular flexibility index (Phi) is 9.86. The van der Waals surface area contributed by atoms with E-state index in [1.54, 1.807) is 29.9 Å². The molecule has 200 valence electrons. The van der Waals surface area contributed by atoms with Crippen molar-refractivity contribution in [1.29, 1.82) is 0 Å². The van der Waals surface area contributed by atoms with Crippen LogP contribution in [0.4, 0.5) is 23.2 Å². The van der Waals surface area contributed by atoms with Crippen LogP contribution in [0.3, 0.4) is 0 Å². The van der Waals surface area contributed by atoms with Crippen LogP contribution in [0.2, 0.25) is 5.02 Å². The molecule has 0 aliphatic heterocycles. The second-order valence-electron chi connectivity index (χ2n) is 7.57. The van der Waals surface area contributed by atoms with Crippen molar-refractivity contribution in [2.45, 2.75) is 19.1 Å². The number of nitrogens with one attached hydrogen (secondary N) is 1. The molecule has 37 heavy (non-hydrogen) atoms. The zero-order valence-corrected chi connectivity index (χ0v) is 20.5. The van der Waals surface area contributed by atoms with Crippen LogP contribution in [0, 0.1) is 5.82 Å². The molecular weight excluding hydrogens is 524 g/mol. The number of carboxylic acid groups (broad SMARTS) is 1. The Morgan fingerprint density at radius 2 is 1.89 bits per heavy atom. The first kappa shape index (κ1) is 29.4. The van der Waals surface area contributed by atoms with Gasteiger partial charge in [-0.3, -0.25) is 9.48 Å². The second-order valence-corrected chi connectivity index (χ2v) is 7.97. The Morgan fingerprint density at radius 3 is 2.38 bits per heavy atom. The lowest BCUT2D eigenvalue weighted by Crippen LogP contribution is -2.23. The number of carbonyl (C=O) groups is 2. The topological polar surface area (TPSA) is 129 Å². The zero-order chi connectivity index (χ0) is 27.9. The summed E-state index contributed by atoms with van der Waals surface area (Å²) in [5, 5.41) is 14.4. The summed E-state index contributed by atoms with van der Waals surface area (Å²) in [6.45, 7) is 2.12. The van der Waals surface area contributed by atoms with Crippen molar-refractivity contribution in [2.24, 2.45) is 12.8 Å². The zero-order valence-electron chi connectivity index (χ0n) is 19.8. The fourth-order valence-electron chi connectivity index (χ4n) is 2.86. The average Bonchev–Trinajstić information content (AvgIpc) is 3.15. The van der Waals surface area contributed by atoms with Crippen molar-refractivity contribution in [3.63, 3.8) is 0 Å². The summed E-state index contributed by atoms with van der Waals surface area (Å²) in [7, 11) is 3.17. The normalized spacial score (nSPS) is 11.7. The number of hydrogen-bond acceptors (Lipinski definition) is 6. The molecule has 3 aromatic rings. The maximum absolute atomic E-state index is 14.2. The van der Waals surface area contributed by atoms with Gasteiger partial charge < -0.3 is 25.6 Å². The summed E-state index contributed by atoms with van der Waals surface area (Å²) < 4.78 is 58.4. The van der Waals surface area contributed by atoms with Gasteiger partial charge in [0, 0.05) is 30.4 Å². The van der Waals surface area contributed by atoms with Crippen molar-refractivity contribution < 1.29 is 41.7 Å². The molecule has 3 rings (SSSR count). The van der Waals surface area contributed by atoms with Crippen LogP contribution in [-0.4, -0.2) is 52.7 Å². The van der Waals surface area contributed by atoms with Crippen molar-refractivity contribution in [1.82, 2.24) is 9.78 Å². The molecule has 0 radical (unpaired) electrons. The highest BCUT2D eigenvalue weighted by atomic mass is 35.5.